The molecule has 0 radical (unpaired) electrons. The standard InChI is InChI=1S/C12H16N2/c1-14(2)10-12-6-3-5-11(9-12)7-4-8-13/h3,5-6,9H,8,10,13H2,1-2H3. The molecule has 0 saturated carbocycles. The highest BCUT2D eigenvalue weighted by Crippen LogP contribution is 2.05. The molecule has 0 aromatic heterocycles. The van der Waals surface area contributed by atoms with E-state index >= 15 is 0 Å². The Morgan fingerprint density at radius 2 is 2.14 bits per heavy atom. The first-order valence-corrected chi connectivity index (χ1v) is 4.65. The second-order valence-electron chi connectivity index (χ2n) is 3.44. The van der Waals surface area contributed by atoms with Gasteiger partial charge in [0.1, 0.15) is 0 Å². The van der Waals surface area contributed by atoms with Crippen molar-refractivity contribution in [1.29, 1.82) is 0 Å². The van der Waals surface area contributed by atoms with Crippen LogP contribution in [0.5, 0.6) is 0 Å². The van der Waals surface area contributed by atoms with E-state index < -0.39 is 0 Å². The van der Waals surface area contributed by atoms with E-state index in [0.29, 0.717) is 6.54 Å². The molecule has 1 aromatic carbocycles. The summed E-state index contributed by atoms with van der Waals surface area (Å²) < 4.78 is 0. The quantitative estimate of drug-likeness (QED) is 0.703. The first-order valence-electron chi connectivity index (χ1n) is 4.65. The fraction of sp³-hybridized carbons (Fsp3) is 0.333. The van der Waals surface area contributed by atoms with E-state index in [2.05, 4.69) is 43.0 Å². The minimum Gasteiger partial charge on any atom is -0.320 e. The number of nitrogens with two attached hydrogens (primary N) is 1. The number of rotatable bonds is 2. The van der Waals surface area contributed by atoms with Crippen molar-refractivity contribution in [1.82, 2.24) is 4.90 Å². The zero-order chi connectivity index (χ0) is 10.4. The van der Waals surface area contributed by atoms with Gasteiger partial charge in [0.15, 0.2) is 0 Å². The van der Waals surface area contributed by atoms with Crippen LogP contribution in [-0.4, -0.2) is 25.5 Å². The number of benzene rings is 1. The maximum atomic E-state index is 5.31. The number of hydrogen-bond donors (Lipinski definition) is 1. The van der Waals surface area contributed by atoms with E-state index in [1.54, 1.807) is 0 Å². The molecule has 14 heavy (non-hydrogen) atoms. The minimum absolute atomic E-state index is 0.415. The van der Waals surface area contributed by atoms with E-state index in [9.17, 15) is 0 Å². The SMILES string of the molecule is CN(C)Cc1cccc(C#CCN)c1. The topological polar surface area (TPSA) is 29.3 Å². The summed E-state index contributed by atoms with van der Waals surface area (Å²) in [7, 11) is 4.11. The van der Waals surface area contributed by atoms with Gasteiger partial charge in [-0.25, -0.2) is 0 Å². The molecule has 0 bridgehead atoms. The van der Waals surface area contributed by atoms with Gasteiger partial charge in [-0.2, -0.15) is 0 Å². The summed E-state index contributed by atoms with van der Waals surface area (Å²) in [6.07, 6.45) is 0. The molecule has 0 fully saturated rings. The zero-order valence-electron chi connectivity index (χ0n) is 8.75. The summed E-state index contributed by atoms with van der Waals surface area (Å²) in [6, 6.07) is 8.23. The molecule has 0 saturated heterocycles. The molecular formula is C12H16N2. The van der Waals surface area contributed by atoms with Gasteiger partial charge < -0.3 is 10.6 Å². The molecule has 1 aromatic rings. The highest BCUT2D eigenvalue weighted by Gasteiger charge is 1.95. The summed E-state index contributed by atoms with van der Waals surface area (Å²) in [5.74, 6) is 5.87. The fourth-order valence-corrected chi connectivity index (χ4v) is 1.27. The molecule has 0 aliphatic heterocycles. The second-order valence-corrected chi connectivity index (χ2v) is 3.44. The van der Waals surface area contributed by atoms with Crippen molar-refractivity contribution in [3.8, 4) is 11.8 Å². The molecular weight excluding hydrogens is 172 g/mol. The van der Waals surface area contributed by atoms with Gasteiger partial charge in [0.25, 0.3) is 0 Å². The van der Waals surface area contributed by atoms with Crippen molar-refractivity contribution >= 4 is 0 Å². The van der Waals surface area contributed by atoms with Gasteiger partial charge in [-0.15, -0.1) is 0 Å². The minimum atomic E-state index is 0.415. The average molecular weight is 188 g/mol. The van der Waals surface area contributed by atoms with Crippen molar-refractivity contribution in [3.05, 3.63) is 35.4 Å². The third kappa shape index (κ3) is 3.61. The van der Waals surface area contributed by atoms with Crippen molar-refractivity contribution in [3.63, 3.8) is 0 Å². The summed E-state index contributed by atoms with van der Waals surface area (Å²) in [5, 5.41) is 0. The Balaban J connectivity index is 2.78. The Labute approximate surface area is 85.7 Å². The van der Waals surface area contributed by atoms with Gasteiger partial charge >= 0.3 is 0 Å². The average Bonchev–Trinajstić information content (AvgIpc) is 2.14. The Morgan fingerprint density at radius 1 is 1.36 bits per heavy atom. The van der Waals surface area contributed by atoms with Crippen molar-refractivity contribution in [2.75, 3.05) is 20.6 Å². The van der Waals surface area contributed by atoms with Crippen LogP contribution in [0.2, 0.25) is 0 Å². The van der Waals surface area contributed by atoms with Crippen LogP contribution in [0.1, 0.15) is 11.1 Å². The number of hydrogen-bond acceptors (Lipinski definition) is 2. The maximum absolute atomic E-state index is 5.31. The lowest BCUT2D eigenvalue weighted by Gasteiger charge is -2.09. The van der Waals surface area contributed by atoms with Crippen LogP contribution in [0, 0.1) is 11.8 Å². The third-order valence-electron chi connectivity index (χ3n) is 1.76. The van der Waals surface area contributed by atoms with Gasteiger partial charge in [-0.05, 0) is 31.8 Å². The molecule has 74 valence electrons. The lowest BCUT2D eigenvalue weighted by Crippen LogP contribution is -2.10. The normalized spacial score (nSPS) is 9.71. The highest BCUT2D eigenvalue weighted by molar-refractivity contribution is 5.37. The van der Waals surface area contributed by atoms with Crippen LogP contribution in [0.4, 0.5) is 0 Å². The van der Waals surface area contributed by atoms with E-state index in [-0.39, 0.29) is 0 Å². The van der Waals surface area contributed by atoms with Gasteiger partial charge in [0.2, 0.25) is 0 Å². The largest absolute Gasteiger partial charge is 0.320 e. The Morgan fingerprint density at radius 3 is 2.79 bits per heavy atom. The monoisotopic (exact) mass is 188 g/mol. The second kappa shape index (κ2) is 5.43. The van der Waals surface area contributed by atoms with E-state index in [1.165, 1.54) is 5.56 Å². The lowest BCUT2D eigenvalue weighted by atomic mass is 10.1. The Kier molecular flexibility index (Phi) is 4.18. The Bertz CT molecular complexity index is 345. The van der Waals surface area contributed by atoms with Gasteiger partial charge in [0.05, 0.1) is 6.54 Å². The van der Waals surface area contributed by atoms with Gasteiger partial charge in [-0.1, -0.05) is 24.0 Å². The molecule has 0 amide bonds. The molecule has 1 rings (SSSR count). The summed E-state index contributed by atoms with van der Waals surface area (Å²) in [5.41, 5.74) is 7.63. The molecule has 0 spiro atoms. The highest BCUT2D eigenvalue weighted by atomic mass is 15.0. The molecule has 0 aliphatic carbocycles. The van der Waals surface area contributed by atoms with E-state index in [0.717, 1.165) is 12.1 Å². The van der Waals surface area contributed by atoms with Crippen LogP contribution < -0.4 is 5.73 Å². The number of nitrogens with zero attached hydrogens (tertiary/aromatic N) is 1. The maximum Gasteiger partial charge on any atom is 0.0555 e. The van der Waals surface area contributed by atoms with E-state index in [4.69, 9.17) is 5.73 Å². The predicted octanol–water partition coefficient (Wildman–Crippen LogP) is 1.06. The van der Waals surface area contributed by atoms with Crippen LogP contribution in [0.25, 0.3) is 0 Å². The summed E-state index contributed by atoms with van der Waals surface area (Å²) in [6.45, 7) is 1.36. The molecule has 0 unspecified atom stereocenters. The van der Waals surface area contributed by atoms with Crippen LogP contribution in [0.3, 0.4) is 0 Å². The third-order valence-corrected chi connectivity index (χ3v) is 1.76. The van der Waals surface area contributed by atoms with Crippen molar-refractivity contribution in [2.45, 2.75) is 6.54 Å². The molecule has 0 atom stereocenters. The van der Waals surface area contributed by atoms with Gasteiger partial charge in [0, 0.05) is 12.1 Å². The Hall–Kier alpha value is -1.30. The predicted molar refractivity (Wildman–Crippen MR) is 59.8 cm³/mol. The van der Waals surface area contributed by atoms with Crippen LogP contribution in [0.15, 0.2) is 24.3 Å². The first kappa shape index (κ1) is 10.8. The zero-order valence-corrected chi connectivity index (χ0v) is 8.75. The van der Waals surface area contributed by atoms with Gasteiger partial charge in [-0.3, -0.25) is 0 Å². The lowest BCUT2D eigenvalue weighted by molar-refractivity contribution is 0.402. The van der Waals surface area contributed by atoms with Crippen LogP contribution >= 0.6 is 0 Å². The summed E-state index contributed by atoms with van der Waals surface area (Å²) in [4.78, 5) is 2.13. The van der Waals surface area contributed by atoms with E-state index in [1.807, 2.05) is 12.1 Å². The molecule has 0 aliphatic rings. The van der Waals surface area contributed by atoms with Crippen molar-refractivity contribution in [2.24, 2.45) is 5.73 Å². The smallest absolute Gasteiger partial charge is 0.0555 e. The molecule has 2 heteroatoms. The summed E-state index contributed by atoms with van der Waals surface area (Å²) >= 11 is 0. The molecule has 0 heterocycles. The van der Waals surface area contributed by atoms with Crippen LogP contribution in [-0.2, 0) is 6.54 Å². The van der Waals surface area contributed by atoms with Crippen molar-refractivity contribution < 1.29 is 0 Å². The fourth-order valence-electron chi connectivity index (χ4n) is 1.27. The molecule has 2 N–H and O–H groups in total. The first-order chi connectivity index (χ1) is 6.72. The molecule has 2 nitrogen and oxygen atoms in total.